The Kier molecular flexibility index (Phi) is 5.03. The number of hydrogen-bond acceptors (Lipinski definition) is 4. The Hall–Kier alpha value is -1.10. The smallest absolute Gasteiger partial charge is 0.132 e. The monoisotopic (exact) mass is 173 g/mol. The SMILES string of the molecule is CC(=O)C[C@H](O)[C@H](O)CN=[N+]=[N-]. The Labute approximate surface area is 69.4 Å². The van der Waals surface area contributed by atoms with Crippen LogP contribution < -0.4 is 0 Å². The van der Waals surface area contributed by atoms with Gasteiger partial charge in [-0.2, -0.15) is 0 Å². The molecule has 0 amide bonds. The van der Waals surface area contributed by atoms with Gasteiger partial charge in [0.05, 0.1) is 18.8 Å². The molecule has 0 unspecified atom stereocenters. The van der Waals surface area contributed by atoms with Gasteiger partial charge in [0.25, 0.3) is 0 Å². The maximum absolute atomic E-state index is 10.5. The summed E-state index contributed by atoms with van der Waals surface area (Å²) >= 11 is 0. The van der Waals surface area contributed by atoms with Crippen LogP contribution in [-0.4, -0.2) is 34.7 Å². The first-order valence-electron chi connectivity index (χ1n) is 3.44. The zero-order chi connectivity index (χ0) is 9.56. The van der Waals surface area contributed by atoms with Crippen LogP contribution in [0.5, 0.6) is 0 Å². The van der Waals surface area contributed by atoms with E-state index >= 15 is 0 Å². The lowest BCUT2D eigenvalue weighted by Gasteiger charge is -2.13. The van der Waals surface area contributed by atoms with Crippen molar-refractivity contribution in [2.45, 2.75) is 25.6 Å². The number of nitrogens with zero attached hydrogens (tertiary/aromatic N) is 3. The Morgan fingerprint density at radius 2 is 2.17 bits per heavy atom. The van der Waals surface area contributed by atoms with Crippen LogP contribution in [0.15, 0.2) is 5.11 Å². The van der Waals surface area contributed by atoms with Gasteiger partial charge in [0.2, 0.25) is 0 Å². The summed E-state index contributed by atoms with van der Waals surface area (Å²) in [7, 11) is 0. The number of Topliss-reactive ketones (excluding diaryl/α,β-unsaturated/α-hetero) is 1. The molecule has 0 aliphatic heterocycles. The van der Waals surface area contributed by atoms with Gasteiger partial charge in [-0.1, -0.05) is 5.11 Å². The van der Waals surface area contributed by atoms with Gasteiger partial charge in [-0.15, -0.1) is 0 Å². The van der Waals surface area contributed by atoms with Crippen LogP contribution in [0.2, 0.25) is 0 Å². The summed E-state index contributed by atoms with van der Waals surface area (Å²) in [5.41, 5.74) is 7.88. The van der Waals surface area contributed by atoms with E-state index in [-0.39, 0.29) is 18.7 Å². The molecular weight excluding hydrogens is 162 g/mol. The number of hydrogen-bond donors (Lipinski definition) is 2. The molecule has 0 radical (unpaired) electrons. The molecule has 12 heavy (non-hydrogen) atoms. The summed E-state index contributed by atoms with van der Waals surface area (Å²) in [6.07, 6.45) is -2.43. The van der Waals surface area contributed by atoms with Crippen molar-refractivity contribution in [1.82, 2.24) is 0 Å². The number of ketones is 1. The van der Waals surface area contributed by atoms with Gasteiger partial charge in [0, 0.05) is 11.3 Å². The molecule has 0 rings (SSSR count). The molecule has 2 atom stereocenters. The molecule has 0 saturated heterocycles. The van der Waals surface area contributed by atoms with E-state index in [2.05, 4.69) is 10.0 Å². The lowest BCUT2D eigenvalue weighted by atomic mass is 10.1. The lowest BCUT2D eigenvalue weighted by Crippen LogP contribution is -2.30. The van der Waals surface area contributed by atoms with E-state index in [0.717, 1.165) is 0 Å². The zero-order valence-corrected chi connectivity index (χ0v) is 6.71. The fourth-order valence-corrected chi connectivity index (χ4v) is 0.672. The van der Waals surface area contributed by atoms with Gasteiger partial charge in [0.1, 0.15) is 5.78 Å². The first-order chi connectivity index (χ1) is 5.57. The maximum atomic E-state index is 10.5. The normalized spacial score (nSPS) is 14.6. The van der Waals surface area contributed by atoms with Gasteiger partial charge < -0.3 is 10.2 Å². The van der Waals surface area contributed by atoms with E-state index in [1.807, 2.05) is 0 Å². The third kappa shape index (κ3) is 4.68. The van der Waals surface area contributed by atoms with Gasteiger partial charge in [0.15, 0.2) is 0 Å². The van der Waals surface area contributed by atoms with Crippen LogP contribution in [0.1, 0.15) is 13.3 Å². The largest absolute Gasteiger partial charge is 0.390 e. The molecule has 0 bridgehead atoms. The Bertz CT molecular complexity index is 192. The highest BCUT2D eigenvalue weighted by molar-refractivity contribution is 5.76. The minimum Gasteiger partial charge on any atom is -0.390 e. The number of rotatable bonds is 5. The van der Waals surface area contributed by atoms with Crippen LogP contribution in [-0.2, 0) is 4.79 Å². The molecule has 0 fully saturated rings. The molecule has 0 saturated carbocycles. The Balaban J connectivity index is 3.83. The van der Waals surface area contributed by atoms with E-state index in [1.54, 1.807) is 0 Å². The standard InChI is InChI=1S/C6H11N3O3/c1-4(10)2-5(11)6(12)3-8-9-7/h5-6,11-12H,2-3H2,1H3/t5-,6+/m0/s1. The number of aliphatic hydroxyl groups is 2. The van der Waals surface area contributed by atoms with Crippen molar-refractivity contribution in [2.24, 2.45) is 5.11 Å². The number of aliphatic hydroxyl groups excluding tert-OH is 2. The summed E-state index contributed by atoms with van der Waals surface area (Å²) in [5.74, 6) is -0.220. The minimum atomic E-state index is -1.16. The van der Waals surface area contributed by atoms with E-state index in [9.17, 15) is 4.79 Å². The third-order valence-electron chi connectivity index (χ3n) is 1.27. The fourth-order valence-electron chi connectivity index (χ4n) is 0.672. The first-order valence-corrected chi connectivity index (χ1v) is 3.44. The molecule has 6 heteroatoms. The average molecular weight is 173 g/mol. The molecule has 6 nitrogen and oxygen atoms in total. The predicted molar refractivity (Wildman–Crippen MR) is 41.3 cm³/mol. The zero-order valence-electron chi connectivity index (χ0n) is 6.71. The highest BCUT2D eigenvalue weighted by atomic mass is 16.3. The maximum Gasteiger partial charge on any atom is 0.132 e. The van der Waals surface area contributed by atoms with Crippen molar-refractivity contribution in [3.63, 3.8) is 0 Å². The third-order valence-corrected chi connectivity index (χ3v) is 1.27. The van der Waals surface area contributed by atoms with Crippen LogP contribution in [0.4, 0.5) is 0 Å². The fraction of sp³-hybridized carbons (Fsp3) is 0.833. The van der Waals surface area contributed by atoms with Gasteiger partial charge >= 0.3 is 0 Å². The topological polar surface area (TPSA) is 106 Å². The van der Waals surface area contributed by atoms with E-state index in [4.69, 9.17) is 15.7 Å². The molecule has 0 aromatic heterocycles. The summed E-state index contributed by atoms with van der Waals surface area (Å²) in [6, 6.07) is 0. The van der Waals surface area contributed by atoms with E-state index in [0.29, 0.717) is 0 Å². The number of azide groups is 1. The van der Waals surface area contributed by atoms with Crippen molar-refractivity contribution in [2.75, 3.05) is 6.54 Å². The Morgan fingerprint density at radius 3 is 2.58 bits per heavy atom. The van der Waals surface area contributed by atoms with Gasteiger partial charge in [-0.25, -0.2) is 0 Å². The summed E-state index contributed by atoms with van der Waals surface area (Å²) < 4.78 is 0. The highest BCUT2D eigenvalue weighted by Gasteiger charge is 2.16. The second kappa shape index (κ2) is 5.54. The first kappa shape index (κ1) is 10.9. The second-order valence-electron chi connectivity index (χ2n) is 2.45. The van der Waals surface area contributed by atoms with E-state index in [1.165, 1.54) is 6.92 Å². The van der Waals surface area contributed by atoms with Crippen LogP contribution in [0.25, 0.3) is 10.4 Å². The van der Waals surface area contributed by atoms with Crippen molar-refractivity contribution in [3.05, 3.63) is 10.4 Å². The molecular formula is C6H11N3O3. The second-order valence-corrected chi connectivity index (χ2v) is 2.45. The van der Waals surface area contributed by atoms with Crippen molar-refractivity contribution in [1.29, 1.82) is 0 Å². The van der Waals surface area contributed by atoms with Crippen molar-refractivity contribution >= 4 is 5.78 Å². The van der Waals surface area contributed by atoms with Crippen molar-refractivity contribution < 1.29 is 15.0 Å². The van der Waals surface area contributed by atoms with Gasteiger partial charge in [-0.05, 0) is 12.5 Å². The minimum absolute atomic E-state index is 0.123. The molecule has 0 heterocycles. The molecule has 0 aliphatic rings. The van der Waals surface area contributed by atoms with Gasteiger partial charge in [-0.3, -0.25) is 4.79 Å². The summed E-state index contributed by atoms with van der Waals surface area (Å²) in [5, 5.41) is 21.2. The predicted octanol–water partition coefficient (Wildman–Crippen LogP) is -0.00240. The van der Waals surface area contributed by atoms with Crippen LogP contribution in [0.3, 0.4) is 0 Å². The van der Waals surface area contributed by atoms with Crippen molar-refractivity contribution in [3.8, 4) is 0 Å². The van der Waals surface area contributed by atoms with Crippen LogP contribution in [0, 0.1) is 0 Å². The number of carbonyl (C=O) groups is 1. The van der Waals surface area contributed by atoms with Crippen LogP contribution >= 0.6 is 0 Å². The molecule has 0 aromatic rings. The summed E-state index contributed by atoms with van der Waals surface area (Å²) in [6.45, 7) is 1.09. The van der Waals surface area contributed by atoms with E-state index < -0.39 is 12.2 Å². The quantitative estimate of drug-likeness (QED) is 0.347. The summed E-state index contributed by atoms with van der Waals surface area (Å²) in [4.78, 5) is 12.9. The molecule has 0 spiro atoms. The molecule has 2 N–H and O–H groups in total. The number of carbonyl (C=O) groups excluding carboxylic acids is 1. The Morgan fingerprint density at radius 1 is 1.58 bits per heavy atom. The molecule has 0 aliphatic carbocycles. The highest BCUT2D eigenvalue weighted by Crippen LogP contribution is 2.00. The molecule has 68 valence electrons. The lowest BCUT2D eigenvalue weighted by molar-refractivity contribution is -0.120. The molecule has 0 aromatic carbocycles. The average Bonchev–Trinajstić information content (AvgIpc) is 1.98.